The maximum absolute atomic E-state index is 12.0. The lowest BCUT2D eigenvalue weighted by molar-refractivity contribution is 0.533. The number of benzene rings is 1. The number of hydrogen-bond acceptors (Lipinski definition) is 2. The Kier molecular flexibility index (Phi) is 3.32. The second kappa shape index (κ2) is 4.54. The van der Waals surface area contributed by atoms with Crippen LogP contribution < -0.4 is 5.73 Å². The molecule has 0 aliphatic heterocycles. The lowest BCUT2D eigenvalue weighted by Gasteiger charge is -2.12. The van der Waals surface area contributed by atoms with Crippen LogP contribution in [0.25, 0.3) is 0 Å². The molecule has 0 bridgehead atoms. The topological polar surface area (TPSA) is 26.0 Å². The van der Waals surface area contributed by atoms with Gasteiger partial charge in [-0.3, -0.25) is 4.39 Å². The van der Waals surface area contributed by atoms with E-state index in [-0.39, 0.29) is 12.1 Å². The molecule has 15 heavy (non-hydrogen) atoms. The van der Waals surface area contributed by atoms with Crippen LogP contribution in [0.15, 0.2) is 29.2 Å². The molecule has 0 atom stereocenters. The van der Waals surface area contributed by atoms with Gasteiger partial charge in [0, 0.05) is 22.6 Å². The fourth-order valence-electron chi connectivity index (χ4n) is 1.82. The fourth-order valence-corrected chi connectivity index (χ4v) is 2.46. The number of hydrogen-bond donors (Lipinski definition) is 1. The predicted octanol–water partition coefficient (Wildman–Crippen LogP) is 2.74. The minimum atomic E-state index is -0.265. The Labute approximate surface area is 94.2 Å². The first-order valence-corrected chi connectivity index (χ1v) is 6.29. The van der Waals surface area contributed by atoms with Gasteiger partial charge < -0.3 is 5.73 Å². The highest BCUT2D eigenvalue weighted by atomic mass is 32.2. The van der Waals surface area contributed by atoms with Crippen molar-refractivity contribution in [1.29, 1.82) is 0 Å². The minimum absolute atomic E-state index is 0.265. The normalized spacial score (nSPS) is 17.7. The summed E-state index contributed by atoms with van der Waals surface area (Å²) < 4.78 is 12.0. The second-order valence-corrected chi connectivity index (χ2v) is 5.21. The molecule has 0 spiro atoms. The van der Waals surface area contributed by atoms with Gasteiger partial charge in [0.25, 0.3) is 0 Å². The largest absolute Gasteiger partial charge is 0.330 e. The highest BCUT2D eigenvalue weighted by Crippen LogP contribution is 2.47. The molecule has 0 saturated heterocycles. The van der Waals surface area contributed by atoms with Crippen LogP contribution in [-0.4, -0.2) is 19.0 Å². The van der Waals surface area contributed by atoms with Gasteiger partial charge in [-0.05, 0) is 30.5 Å². The molecule has 2 N–H and O–H groups in total. The molecule has 1 aromatic carbocycles. The van der Waals surface area contributed by atoms with Gasteiger partial charge in [-0.15, -0.1) is 11.8 Å². The van der Waals surface area contributed by atoms with Crippen molar-refractivity contribution >= 4 is 11.8 Å². The molecule has 0 amide bonds. The van der Waals surface area contributed by atoms with E-state index in [1.807, 2.05) is 0 Å². The number of rotatable bonds is 5. The van der Waals surface area contributed by atoms with E-state index in [1.54, 1.807) is 11.8 Å². The van der Waals surface area contributed by atoms with Crippen molar-refractivity contribution in [1.82, 2.24) is 0 Å². The summed E-state index contributed by atoms with van der Waals surface area (Å²) in [6.07, 6.45) is 2.42. The molecule has 0 aromatic heterocycles. The van der Waals surface area contributed by atoms with Gasteiger partial charge in [-0.2, -0.15) is 0 Å². The summed E-state index contributed by atoms with van der Waals surface area (Å²) in [6.45, 7) is 0.475. The van der Waals surface area contributed by atoms with E-state index < -0.39 is 0 Å². The average Bonchev–Trinajstić information content (AvgIpc) is 3.08. The Morgan fingerprint density at radius 1 is 1.27 bits per heavy atom. The number of alkyl halides is 1. The molecule has 1 aliphatic carbocycles. The van der Waals surface area contributed by atoms with Crippen LogP contribution >= 0.6 is 11.8 Å². The van der Waals surface area contributed by atoms with E-state index in [0.29, 0.717) is 5.75 Å². The van der Waals surface area contributed by atoms with E-state index in [0.717, 1.165) is 11.4 Å². The fraction of sp³-hybridized carbons (Fsp3) is 0.500. The molecule has 3 heteroatoms. The Morgan fingerprint density at radius 2 is 1.93 bits per heavy atom. The zero-order valence-corrected chi connectivity index (χ0v) is 9.52. The quantitative estimate of drug-likeness (QED) is 0.780. The summed E-state index contributed by atoms with van der Waals surface area (Å²) in [5.74, 6) is 0.543. The standard InChI is InChI=1S/C12H16FNS/c13-7-8-15-11-3-1-10(2-4-11)12(9-14)5-6-12/h1-4H,5-9,14H2. The third-order valence-electron chi connectivity index (χ3n) is 3.06. The van der Waals surface area contributed by atoms with Crippen LogP contribution in [0.4, 0.5) is 4.39 Å². The van der Waals surface area contributed by atoms with Crippen LogP contribution in [0.1, 0.15) is 18.4 Å². The molecule has 1 aromatic rings. The lowest BCUT2D eigenvalue weighted by Crippen LogP contribution is -2.19. The van der Waals surface area contributed by atoms with Gasteiger partial charge in [0.05, 0.1) is 6.67 Å². The number of nitrogens with two attached hydrogens (primary N) is 1. The third-order valence-corrected chi connectivity index (χ3v) is 4.02. The van der Waals surface area contributed by atoms with Crippen LogP contribution in [-0.2, 0) is 5.41 Å². The summed E-state index contributed by atoms with van der Waals surface area (Å²) in [4.78, 5) is 1.14. The molecule has 1 aliphatic rings. The molecule has 0 heterocycles. The van der Waals surface area contributed by atoms with Crippen molar-refractivity contribution in [2.45, 2.75) is 23.2 Å². The van der Waals surface area contributed by atoms with Crippen molar-refractivity contribution in [3.8, 4) is 0 Å². The van der Waals surface area contributed by atoms with E-state index in [1.165, 1.54) is 18.4 Å². The Balaban J connectivity index is 2.04. The zero-order valence-electron chi connectivity index (χ0n) is 8.71. The van der Waals surface area contributed by atoms with Gasteiger partial charge in [-0.25, -0.2) is 0 Å². The van der Waals surface area contributed by atoms with Crippen molar-refractivity contribution in [2.75, 3.05) is 19.0 Å². The molecule has 1 saturated carbocycles. The molecule has 1 fully saturated rings. The van der Waals surface area contributed by atoms with Crippen molar-refractivity contribution in [2.24, 2.45) is 5.73 Å². The van der Waals surface area contributed by atoms with E-state index in [4.69, 9.17) is 5.73 Å². The first-order valence-electron chi connectivity index (χ1n) is 5.30. The zero-order chi connectivity index (χ0) is 10.7. The van der Waals surface area contributed by atoms with Gasteiger partial charge >= 0.3 is 0 Å². The Hall–Kier alpha value is -0.540. The van der Waals surface area contributed by atoms with Crippen molar-refractivity contribution in [3.05, 3.63) is 29.8 Å². The second-order valence-electron chi connectivity index (χ2n) is 4.05. The SMILES string of the molecule is NCC1(c2ccc(SCCF)cc2)CC1. The molecule has 82 valence electrons. The van der Waals surface area contributed by atoms with Crippen LogP contribution in [0, 0.1) is 0 Å². The Bertz CT molecular complexity index is 319. The van der Waals surface area contributed by atoms with Gasteiger partial charge in [0.15, 0.2) is 0 Å². The third kappa shape index (κ3) is 2.34. The summed E-state index contributed by atoms with van der Waals surface area (Å²) >= 11 is 1.56. The van der Waals surface area contributed by atoms with Crippen LogP contribution in [0.2, 0.25) is 0 Å². The smallest absolute Gasteiger partial charge is 0.0988 e. The first kappa shape index (κ1) is 11.0. The summed E-state index contributed by atoms with van der Waals surface area (Å²) in [7, 11) is 0. The summed E-state index contributed by atoms with van der Waals surface area (Å²) in [5, 5.41) is 0. The Morgan fingerprint density at radius 3 is 2.40 bits per heavy atom. The van der Waals surface area contributed by atoms with Crippen LogP contribution in [0.3, 0.4) is 0 Å². The van der Waals surface area contributed by atoms with E-state index >= 15 is 0 Å². The number of thioether (sulfide) groups is 1. The average molecular weight is 225 g/mol. The van der Waals surface area contributed by atoms with Gasteiger partial charge in [0.1, 0.15) is 0 Å². The molecule has 1 nitrogen and oxygen atoms in total. The van der Waals surface area contributed by atoms with E-state index in [9.17, 15) is 4.39 Å². The van der Waals surface area contributed by atoms with Crippen molar-refractivity contribution in [3.63, 3.8) is 0 Å². The molecule has 2 rings (SSSR count). The summed E-state index contributed by atoms with van der Waals surface area (Å²) in [6, 6.07) is 8.43. The molecular formula is C12H16FNS. The molecule has 0 radical (unpaired) electrons. The first-order chi connectivity index (χ1) is 7.30. The van der Waals surface area contributed by atoms with Crippen molar-refractivity contribution < 1.29 is 4.39 Å². The van der Waals surface area contributed by atoms with Gasteiger partial charge in [0.2, 0.25) is 0 Å². The maximum Gasteiger partial charge on any atom is 0.0988 e. The minimum Gasteiger partial charge on any atom is -0.330 e. The molecular weight excluding hydrogens is 209 g/mol. The molecule has 0 unspecified atom stereocenters. The maximum atomic E-state index is 12.0. The predicted molar refractivity (Wildman–Crippen MR) is 63.1 cm³/mol. The highest BCUT2D eigenvalue weighted by molar-refractivity contribution is 7.99. The monoisotopic (exact) mass is 225 g/mol. The van der Waals surface area contributed by atoms with Crippen LogP contribution in [0.5, 0.6) is 0 Å². The van der Waals surface area contributed by atoms with E-state index in [2.05, 4.69) is 24.3 Å². The lowest BCUT2D eigenvalue weighted by atomic mass is 9.96. The number of halogens is 1. The van der Waals surface area contributed by atoms with Gasteiger partial charge in [-0.1, -0.05) is 12.1 Å². The highest BCUT2D eigenvalue weighted by Gasteiger charge is 2.42. The summed E-state index contributed by atoms with van der Waals surface area (Å²) in [5.41, 5.74) is 7.37.